The number of sulfonamides is 1. The minimum atomic E-state index is -3.91. The van der Waals surface area contributed by atoms with Crippen LogP contribution < -0.4 is 10.0 Å². The third-order valence-electron chi connectivity index (χ3n) is 4.08. The Morgan fingerprint density at radius 3 is 2.54 bits per heavy atom. The van der Waals surface area contributed by atoms with Crippen molar-refractivity contribution >= 4 is 21.6 Å². The lowest BCUT2D eigenvalue weighted by Crippen LogP contribution is -2.23. The molecule has 0 bridgehead atoms. The largest absolute Gasteiger partial charge is 0.348 e. The van der Waals surface area contributed by atoms with Gasteiger partial charge in [0, 0.05) is 30.9 Å². The molecule has 0 aliphatic heterocycles. The lowest BCUT2D eigenvalue weighted by molar-refractivity contribution is 0.0951. The van der Waals surface area contributed by atoms with Crippen molar-refractivity contribution in [3.8, 4) is 0 Å². The molecule has 0 spiro atoms. The SMILES string of the molecule is Cc1ccc(C(=O)NCc2cnn(C)c2)cc1NS(=O)(=O)c1ccc(F)cc1. The normalized spacial score (nSPS) is 11.2. The highest BCUT2D eigenvalue weighted by molar-refractivity contribution is 7.92. The Labute approximate surface area is 162 Å². The van der Waals surface area contributed by atoms with Crippen molar-refractivity contribution in [3.63, 3.8) is 0 Å². The van der Waals surface area contributed by atoms with E-state index in [1.165, 1.54) is 18.2 Å². The Bertz CT molecular complexity index is 1110. The lowest BCUT2D eigenvalue weighted by Gasteiger charge is -2.12. The van der Waals surface area contributed by atoms with Gasteiger partial charge >= 0.3 is 0 Å². The number of aromatic nitrogens is 2. The quantitative estimate of drug-likeness (QED) is 0.663. The van der Waals surface area contributed by atoms with Crippen LogP contribution in [0, 0.1) is 12.7 Å². The van der Waals surface area contributed by atoms with E-state index in [0.29, 0.717) is 17.7 Å². The van der Waals surface area contributed by atoms with Gasteiger partial charge in [-0.1, -0.05) is 6.07 Å². The number of carbonyl (C=O) groups is 1. The smallest absolute Gasteiger partial charge is 0.261 e. The number of halogens is 1. The van der Waals surface area contributed by atoms with Gasteiger partial charge in [0.05, 0.1) is 16.8 Å². The summed E-state index contributed by atoms with van der Waals surface area (Å²) in [7, 11) is -2.12. The minimum absolute atomic E-state index is 0.0697. The average Bonchev–Trinajstić information content (AvgIpc) is 3.07. The summed E-state index contributed by atoms with van der Waals surface area (Å²) in [6.45, 7) is 2.02. The first-order valence-electron chi connectivity index (χ1n) is 8.39. The summed E-state index contributed by atoms with van der Waals surface area (Å²) in [5.41, 5.74) is 2.08. The van der Waals surface area contributed by atoms with Crippen LogP contribution in [0.15, 0.2) is 59.8 Å². The van der Waals surface area contributed by atoms with Crippen LogP contribution in [-0.2, 0) is 23.6 Å². The van der Waals surface area contributed by atoms with E-state index in [0.717, 1.165) is 17.7 Å². The molecule has 2 aromatic carbocycles. The molecule has 0 radical (unpaired) electrons. The molecule has 0 saturated heterocycles. The van der Waals surface area contributed by atoms with Crippen molar-refractivity contribution in [2.24, 2.45) is 7.05 Å². The lowest BCUT2D eigenvalue weighted by atomic mass is 10.1. The maximum absolute atomic E-state index is 13.0. The van der Waals surface area contributed by atoms with Crippen molar-refractivity contribution in [1.82, 2.24) is 15.1 Å². The highest BCUT2D eigenvalue weighted by Crippen LogP contribution is 2.21. The molecule has 9 heteroatoms. The monoisotopic (exact) mass is 402 g/mol. The molecule has 3 rings (SSSR count). The van der Waals surface area contributed by atoms with Gasteiger partial charge in [0.15, 0.2) is 0 Å². The summed E-state index contributed by atoms with van der Waals surface area (Å²) >= 11 is 0. The first kappa shape index (κ1) is 19.6. The van der Waals surface area contributed by atoms with Gasteiger partial charge < -0.3 is 5.32 Å². The summed E-state index contributed by atoms with van der Waals surface area (Å²) in [5, 5.41) is 6.80. The van der Waals surface area contributed by atoms with E-state index in [1.807, 2.05) is 0 Å². The van der Waals surface area contributed by atoms with Gasteiger partial charge in [-0.3, -0.25) is 14.2 Å². The van der Waals surface area contributed by atoms with Gasteiger partial charge in [0.2, 0.25) is 0 Å². The van der Waals surface area contributed by atoms with E-state index in [9.17, 15) is 17.6 Å². The fraction of sp³-hybridized carbons (Fsp3) is 0.158. The topological polar surface area (TPSA) is 93.1 Å². The molecule has 0 fully saturated rings. The first-order chi connectivity index (χ1) is 13.2. The molecule has 7 nitrogen and oxygen atoms in total. The Balaban J connectivity index is 1.77. The summed E-state index contributed by atoms with van der Waals surface area (Å²) in [6, 6.07) is 9.24. The molecule has 1 heterocycles. The molecule has 1 aromatic heterocycles. The fourth-order valence-electron chi connectivity index (χ4n) is 2.54. The summed E-state index contributed by atoms with van der Waals surface area (Å²) in [5.74, 6) is -0.867. The number of nitrogens with zero attached hydrogens (tertiary/aromatic N) is 2. The van der Waals surface area contributed by atoms with Crippen molar-refractivity contribution in [1.29, 1.82) is 0 Å². The molecule has 146 valence electrons. The molecule has 1 amide bonds. The van der Waals surface area contributed by atoms with Crippen molar-refractivity contribution < 1.29 is 17.6 Å². The number of benzene rings is 2. The zero-order valence-electron chi connectivity index (χ0n) is 15.3. The Morgan fingerprint density at radius 1 is 1.18 bits per heavy atom. The fourth-order valence-corrected chi connectivity index (χ4v) is 3.66. The number of hydrogen-bond donors (Lipinski definition) is 2. The predicted octanol–water partition coefficient (Wildman–Crippen LogP) is 2.60. The first-order valence-corrected chi connectivity index (χ1v) is 9.88. The van der Waals surface area contributed by atoms with E-state index < -0.39 is 15.8 Å². The maximum atomic E-state index is 13.0. The zero-order valence-corrected chi connectivity index (χ0v) is 16.1. The number of aryl methyl sites for hydroxylation is 2. The second-order valence-corrected chi connectivity index (χ2v) is 7.98. The molecule has 0 aliphatic rings. The van der Waals surface area contributed by atoms with Crippen LogP contribution in [0.4, 0.5) is 10.1 Å². The zero-order chi connectivity index (χ0) is 20.3. The van der Waals surface area contributed by atoms with Crippen molar-refractivity contribution in [2.75, 3.05) is 4.72 Å². The Kier molecular flexibility index (Phi) is 5.46. The second kappa shape index (κ2) is 7.81. The van der Waals surface area contributed by atoms with E-state index in [4.69, 9.17) is 0 Å². The molecule has 0 aliphatic carbocycles. The number of hydrogen-bond acceptors (Lipinski definition) is 4. The third kappa shape index (κ3) is 4.55. The summed E-state index contributed by atoms with van der Waals surface area (Å²) < 4.78 is 42.2. The Hall–Kier alpha value is -3.20. The highest BCUT2D eigenvalue weighted by atomic mass is 32.2. The Morgan fingerprint density at radius 2 is 1.89 bits per heavy atom. The van der Waals surface area contributed by atoms with Gasteiger partial charge in [-0.15, -0.1) is 0 Å². The van der Waals surface area contributed by atoms with Gasteiger partial charge in [0.25, 0.3) is 15.9 Å². The van der Waals surface area contributed by atoms with E-state index >= 15 is 0 Å². The number of carbonyl (C=O) groups excluding carboxylic acids is 1. The second-order valence-electron chi connectivity index (χ2n) is 6.29. The van der Waals surface area contributed by atoms with Gasteiger partial charge in [0.1, 0.15) is 5.82 Å². The maximum Gasteiger partial charge on any atom is 0.261 e. The van der Waals surface area contributed by atoms with E-state index in [-0.39, 0.29) is 16.5 Å². The summed E-state index contributed by atoms with van der Waals surface area (Å²) in [4.78, 5) is 12.3. The van der Waals surface area contributed by atoms with Crippen molar-refractivity contribution in [2.45, 2.75) is 18.4 Å². The number of amides is 1. The number of anilines is 1. The number of nitrogens with one attached hydrogen (secondary N) is 2. The molecule has 2 N–H and O–H groups in total. The van der Waals surface area contributed by atoms with E-state index in [2.05, 4.69) is 15.1 Å². The molecule has 3 aromatic rings. The molecule has 28 heavy (non-hydrogen) atoms. The molecular weight excluding hydrogens is 383 g/mol. The van der Waals surface area contributed by atoms with E-state index in [1.54, 1.807) is 43.2 Å². The van der Waals surface area contributed by atoms with Gasteiger partial charge in [-0.05, 0) is 48.9 Å². The molecule has 0 unspecified atom stereocenters. The van der Waals surface area contributed by atoms with Crippen molar-refractivity contribution in [3.05, 3.63) is 77.4 Å². The van der Waals surface area contributed by atoms with Crippen LogP contribution in [0.1, 0.15) is 21.5 Å². The highest BCUT2D eigenvalue weighted by Gasteiger charge is 2.17. The van der Waals surface area contributed by atoms with Crippen LogP contribution in [0.25, 0.3) is 0 Å². The van der Waals surface area contributed by atoms with Crippen LogP contribution in [0.2, 0.25) is 0 Å². The van der Waals surface area contributed by atoms with Crippen LogP contribution >= 0.6 is 0 Å². The van der Waals surface area contributed by atoms with Crippen LogP contribution in [0.3, 0.4) is 0 Å². The molecule has 0 saturated carbocycles. The number of rotatable bonds is 6. The molecular formula is C19H19FN4O3S. The standard InChI is InChI=1S/C19H19FN4O3S/c1-13-3-4-15(19(25)21-10-14-11-22-24(2)12-14)9-18(13)23-28(26,27)17-7-5-16(20)6-8-17/h3-9,11-12,23H,10H2,1-2H3,(H,21,25). The summed E-state index contributed by atoms with van der Waals surface area (Å²) in [6.07, 6.45) is 3.44. The predicted molar refractivity (Wildman–Crippen MR) is 103 cm³/mol. The van der Waals surface area contributed by atoms with Gasteiger partial charge in [-0.2, -0.15) is 5.10 Å². The van der Waals surface area contributed by atoms with Crippen LogP contribution in [0.5, 0.6) is 0 Å². The third-order valence-corrected chi connectivity index (χ3v) is 5.46. The molecule has 0 atom stereocenters. The minimum Gasteiger partial charge on any atom is -0.348 e. The average molecular weight is 402 g/mol. The van der Waals surface area contributed by atoms with Gasteiger partial charge in [-0.25, -0.2) is 12.8 Å². The van der Waals surface area contributed by atoms with Crippen LogP contribution in [-0.4, -0.2) is 24.1 Å².